The van der Waals surface area contributed by atoms with Crippen molar-refractivity contribution in [1.29, 1.82) is 0 Å². The van der Waals surface area contributed by atoms with E-state index in [-0.39, 0.29) is 12.1 Å². The summed E-state index contributed by atoms with van der Waals surface area (Å²) in [6.07, 6.45) is 1.78. The lowest BCUT2D eigenvalue weighted by molar-refractivity contribution is -0.156. The molecule has 0 fully saturated rings. The summed E-state index contributed by atoms with van der Waals surface area (Å²) in [6.45, 7) is 5.56. The molecule has 6 nitrogen and oxygen atoms in total. The molecule has 1 aromatic heterocycles. The molecule has 3 N–H and O–H groups in total. The fourth-order valence-electron chi connectivity index (χ4n) is 2.14. The van der Waals surface area contributed by atoms with Gasteiger partial charge in [0.1, 0.15) is 11.6 Å². The summed E-state index contributed by atoms with van der Waals surface area (Å²) in [5, 5.41) is 9.95. The zero-order chi connectivity index (χ0) is 16.5. The molecule has 1 heterocycles. The summed E-state index contributed by atoms with van der Waals surface area (Å²) in [7, 11) is 0. The number of fused-ring (bicyclic) bond motifs is 1. The summed E-state index contributed by atoms with van der Waals surface area (Å²) in [6, 6.07) is 5.88. The molecule has 118 valence electrons. The number of aromatic carboxylic acids is 1. The number of nitrogens with two attached hydrogens (primary N) is 1. The van der Waals surface area contributed by atoms with E-state index in [0.29, 0.717) is 0 Å². The average Bonchev–Trinajstić information content (AvgIpc) is 2.79. The molecule has 0 spiro atoms. The number of ether oxygens (including phenoxy) is 1. The third-order valence-corrected chi connectivity index (χ3v) is 3.12. The Kier molecular flexibility index (Phi) is 4.23. The molecular formula is C16H20N2O4. The largest absolute Gasteiger partial charge is 0.478 e. The van der Waals surface area contributed by atoms with Crippen LogP contribution >= 0.6 is 0 Å². The first-order valence-corrected chi connectivity index (χ1v) is 6.98. The number of carboxylic acid groups (broad SMARTS) is 1. The molecule has 0 amide bonds. The van der Waals surface area contributed by atoms with Crippen LogP contribution in [0.25, 0.3) is 10.9 Å². The van der Waals surface area contributed by atoms with Gasteiger partial charge in [-0.15, -0.1) is 0 Å². The van der Waals surface area contributed by atoms with E-state index in [1.807, 2.05) is 6.07 Å². The Labute approximate surface area is 128 Å². The second kappa shape index (κ2) is 5.81. The monoisotopic (exact) mass is 304 g/mol. The molecule has 0 aliphatic carbocycles. The molecule has 1 unspecified atom stereocenters. The molecule has 1 atom stereocenters. The van der Waals surface area contributed by atoms with E-state index in [9.17, 15) is 9.59 Å². The number of benzene rings is 1. The van der Waals surface area contributed by atoms with Crippen LogP contribution < -0.4 is 5.73 Å². The first kappa shape index (κ1) is 16.0. The van der Waals surface area contributed by atoms with Gasteiger partial charge in [-0.05, 0) is 44.4 Å². The summed E-state index contributed by atoms with van der Waals surface area (Å²) in [4.78, 5) is 23.0. The van der Waals surface area contributed by atoms with Crippen molar-refractivity contribution in [2.45, 2.75) is 39.0 Å². The molecule has 6 heteroatoms. The standard InChI is InChI=1S/C16H20N2O4/c1-16(2,3)22-15(21)12(17)9-18-7-6-10-4-5-11(14(19)20)8-13(10)18/h4-8,12H,9,17H2,1-3H3,(H,19,20). The van der Waals surface area contributed by atoms with E-state index in [0.717, 1.165) is 10.9 Å². The van der Waals surface area contributed by atoms with Crippen LogP contribution in [0.2, 0.25) is 0 Å². The normalized spacial score (nSPS) is 13.1. The van der Waals surface area contributed by atoms with Gasteiger partial charge in [-0.25, -0.2) is 4.79 Å². The fraction of sp³-hybridized carbons (Fsp3) is 0.375. The third-order valence-electron chi connectivity index (χ3n) is 3.12. The van der Waals surface area contributed by atoms with E-state index >= 15 is 0 Å². The zero-order valence-corrected chi connectivity index (χ0v) is 12.9. The van der Waals surface area contributed by atoms with Gasteiger partial charge in [0.2, 0.25) is 0 Å². The number of rotatable bonds is 4. The van der Waals surface area contributed by atoms with Crippen molar-refractivity contribution in [2.24, 2.45) is 5.73 Å². The van der Waals surface area contributed by atoms with Crippen LogP contribution in [0.4, 0.5) is 0 Å². The predicted molar refractivity (Wildman–Crippen MR) is 82.7 cm³/mol. The number of esters is 1. The molecule has 0 radical (unpaired) electrons. The molecule has 0 saturated heterocycles. The van der Waals surface area contributed by atoms with Gasteiger partial charge in [-0.3, -0.25) is 4.79 Å². The minimum absolute atomic E-state index is 0.193. The van der Waals surface area contributed by atoms with Gasteiger partial charge < -0.3 is 20.1 Å². The Bertz CT molecular complexity index is 712. The lowest BCUT2D eigenvalue weighted by Crippen LogP contribution is -2.40. The van der Waals surface area contributed by atoms with Crippen molar-refractivity contribution in [1.82, 2.24) is 4.57 Å². The van der Waals surface area contributed by atoms with E-state index < -0.39 is 23.6 Å². The van der Waals surface area contributed by atoms with Crippen molar-refractivity contribution in [3.05, 3.63) is 36.0 Å². The topological polar surface area (TPSA) is 94.5 Å². The summed E-state index contributed by atoms with van der Waals surface area (Å²) < 4.78 is 7.01. The van der Waals surface area contributed by atoms with Gasteiger partial charge in [0.25, 0.3) is 0 Å². The van der Waals surface area contributed by atoms with Gasteiger partial charge in [0, 0.05) is 18.3 Å². The fourth-order valence-corrected chi connectivity index (χ4v) is 2.14. The lowest BCUT2D eigenvalue weighted by Gasteiger charge is -2.22. The Balaban J connectivity index is 2.22. The molecule has 22 heavy (non-hydrogen) atoms. The highest BCUT2D eigenvalue weighted by Crippen LogP contribution is 2.18. The molecule has 0 aliphatic rings. The van der Waals surface area contributed by atoms with Gasteiger partial charge in [-0.1, -0.05) is 6.07 Å². The highest BCUT2D eigenvalue weighted by molar-refractivity contribution is 5.93. The minimum atomic E-state index is -0.994. The number of carbonyl (C=O) groups excluding carboxylic acids is 1. The maximum atomic E-state index is 11.9. The number of aromatic nitrogens is 1. The van der Waals surface area contributed by atoms with Crippen LogP contribution in [0.15, 0.2) is 30.5 Å². The maximum Gasteiger partial charge on any atom is 0.335 e. The van der Waals surface area contributed by atoms with Crippen LogP contribution in [-0.2, 0) is 16.1 Å². The molecular weight excluding hydrogens is 284 g/mol. The highest BCUT2D eigenvalue weighted by atomic mass is 16.6. The Morgan fingerprint density at radius 1 is 1.32 bits per heavy atom. The van der Waals surface area contributed by atoms with Crippen molar-refractivity contribution in [3.8, 4) is 0 Å². The van der Waals surface area contributed by atoms with Crippen LogP contribution in [0.1, 0.15) is 31.1 Å². The van der Waals surface area contributed by atoms with Crippen molar-refractivity contribution in [3.63, 3.8) is 0 Å². The van der Waals surface area contributed by atoms with Gasteiger partial charge in [-0.2, -0.15) is 0 Å². The number of hydrogen-bond acceptors (Lipinski definition) is 4. The smallest absolute Gasteiger partial charge is 0.335 e. The molecule has 2 rings (SSSR count). The average molecular weight is 304 g/mol. The summed E-state index contributed by atoms with van der Waals surface area (Å²) in [5.74, 6) is -1.48. The van der Waals surface area contributed by atoms with Crippen molar-refractivity contribution < 1.29 is 19.4 Å². The number of nitrogens with zero attached hydrogens (tertiary/aromatic N) is 1. The van der Waals surface area contributed by atoms with Crippen molar-refractivity contribution >= 4 is 22.8 Å². The Morgan fingerprint density at radius 3 is 2.59 bits per heavy atom. The predicted octanol–water partition coefficient (Wildman–Crippen LogP) is 2.01. The van der Waals surface area contributed by atoms with E-state index in [4.69, 9.17) is 15.6 Å². The number of carbonyl (C=O) groups is 2. The minimum Gasteiger partial charge on any atom is -0.478 e. The number of hydrogen-bond donors (Lipinski definition) is 2. The zero-order valence-electron chi connectivity index (χ0n) is 12.9. The van der Waals surface area contributed by atoms with Gasteiger partial charge in [0.15, 0.2) is 0 Å². The SMILES string of the molecule is CC(C)(C)OC(=O)C(N)Cn1ccc2ccc(C(=O)O)cc21. The molecule has 0 aliphatic heterocycles. The second-order valence-corrected chi connectivity index (χ2v) is 6.19. The quantitative estimate of drug-likeness (QED) is 0.843. The van der Waals surface area contributed by atoms with Crippen LogP contribution in [0.3, 0.4) is 0 Å². The molecule has 0 saturated carbocycles. The molecule has 0 bridgehead atoms. The van der Waals surface area contributed by atoms with E-state index in [2.05, 4.69) is 0 Å². The highest BCUT2D eigenvalue weighted by Gasteiger charge is 2.22. The van der Waals surface area contributed by atoms with Gasteiger partial charge in [0.05, 0.1) is 5.56 Å². The Morgan fingerprint density at radius 2 is 2.00 bits per heavy atom. The molecule has 1 aromatic carbocycles. The first-order valence-electron chi connectivity index (χ1n) is 6.98. The number of carboxylic acids is 1. The van der Waals surface area contributed by atoms with Crippen LogP contribution in [0.5, 0.6) is 0 Å². The maximum absolute atomic E-state index is 11.9. The van der Waals surface area contributed by atoms with Gasteiger partial charge >= 0.3 is 11.9 Å². The summed E-state index contributed by atoms with van der Waals surface area (Å²) >= 11 is 0. The van der Waals surface area contributed by atoms with E-state index in [1.165, 1.54) is 0 Å². The Hall–Kier alpha value is -2.34. The summed E-state index contributed by atoms with van der Waals surface area (Å²) in [5.41, 5.74) is 6.21. The van der Waals surface area contributed by atoms with Crippen molar-refractivity contribution in [2.75, 3.05) is 0 Å². The van der Waals surface area contributed by atoms with Crippen LogP contribution in [0, 0.1) is 0 Å². The van der Waals surface area contributed by atoms with Crippen LogP contribution in [-0.4, -0.2) is 33.3 Å². The lowest BCUT2D eigenvalue weighted by atomic mass is 10.1. The molecule has 2 aromatic rings. The van der Waals surface area contributed by atoms with E-state index in [1.54, 1.807) is 49.7 Å². The first-order chi connectivity index (χ1) is 10.2. The third kappa shape index (κ3) is 3.65. The second-order valence-electron chi connectivity index (χ2n) is 6.19.